The van der Waals surface area contributed by atoms with Gasteiger partial charge >= 0.3 is 7.12 Å². The molecule has 0 amide bonds. The lowest BCUT2D eigenvalue weighted by atomic mass is 9.78. The van der Waals surface area contributed by atoms with E-state index in [-0.39, 0.29) is 0 Å². The number of fused-ring (bicyclic) bond motifs is 1. The molecule has 12 heavy (non-hydrogen) atoms. The average Bonchev–Trinajstić information content (AvgIpc) is 2.46. The van der Waals surface area contributed by atoms with Crippen molar-refractivity contribution in [3.8, 4) is 0 Å². The first kappa shape index (κ1) is 7.59. The SMILES string of the molecule is OB(O)C1=Cc2ccccc2C1. The summed E-state index contributed by atoms with van der Waals surface area (Å²) in [5.74, 6) is 0. The molecule has 1 aromatic carbocycles. The molecule has 0 atom stereocenters. The summed E-state index contributed by atoms with van der Waals surface area (Å²) in [5.41, 5.74) is 2.94. The minimum Gasteiger partial charge on any atom is -0.423 e. The Morgan fingerprint density at radius 2 is 1.92 bits per heavy atom. The van der Waals surface area contributed by atoms with E-state index in [1.165, 1.54) is 5.56 Å². The van der Waals surface area contributed by atoms with Crippen molar-refractivity contribution < 1.29 is 10.0 Å². The zero-order chi connectivity index (χ0) is 8.55. The molecule has 0 heterocycles. The fourth-order valence-electron chi connectivity index (χ4n) is 1.47. The summed E-state index contributed by atoms with van der Waals surface area (Å²) < 4.78 is 0. The van der Waals surface area contributed by atoms with Gasteiger partial charge in [-0.1, -0.05) is 30.3 Å². The molecule has 2 nitrogen and oxygen atoms in total. The zero-order valence-electron chi connectivity index (χ0n) is 6.57. The van der Waals surface area contributed by atoms with Gasteiger partial charge in [0.05, 0.1) is 0 Å². The standard InChI is InChI=1S/C9H9BO2/c11-10(12)9-5-7-3-1-2-4-8(7)6-9/h1-5,11-12H,6H2. The molecule has 3 heteroatoms. The first-order valence-electron chi connectivity index (χ1n) is 3.92. The van der Waals surface area contributed by atoms with Crippen molar-refractivity contribution >= 4 is 13.2 Å². The van der Waals surface area contributed by atoms with Crippen LogP contribution in [0.4, 0.5) is 0 Å². The van der Waals surface area contributed by atoms with E-state index in [1.54, 1.807) is 0 Å². The number of hydrogen-bond donors (Lipinski definition) is 2. The third-order valence-corrected chi connectivity index (χ3v) is 2.12. The van der Waals surface area contributed by atoms with Crippen molar-refractivity contribution in [2.75, 3.05) is 0 Å². The third kappa shape index (κ3) is 1.17. The zero-order valence-corrected chi connectivity index (χ0v) is 6.57. The molecule has 0 unspecified atom stereocenters. The summed E-state index contributed by atoms with van der Waals surface area (Å²) in [4.78, 5) is 0. The van der Waals surface area contributed by atoms with E-state index in [2.05, 4.69) is 0 Å². The largest absolute Gasteiger partial charge is 0.484 e. The molecule has 0 saturated carbocycles. The summed E-state index contributed by atoms with van der Waals surface area (Å²) in [7, 11) is -1.31. The Morgan fingerprint density at radius 3 is 2.58 bits per heavy atom. The van der Waals surface area contributed by atoms with Gasteiger partial charge in [0.2, 0.25) is 0 Å². The van der Waals surface area contributed by atoms with Gasteiger partial charge in [-0.15, -0.1) is 0 Å². The molecule has 1 aliphatic rings. The van der Waals surface area contributed by atoms with Crippen LogP contribution in [0.1, 0.15) is 11.1 Å². The summed E-state index contributed by atoms with van der Waals surface area (Å²) >= 11 is 0. The maximum atomic E-state index is 8.91. The second-order valence-corrected chi connectivity index (χ2v) is 2.97. The minimum absolute atomic E-state index is 0.661. The first-order chi connectivity index (χ1) is 5.77. The fourth-order valence-corrected chi connectivity index (χ4v) is 1.47. The Kier molecular flexibility index (Phi) is 1.75. The predicted octanol–water partition coefficient (Wildman–Crippen LogP) is 0.638. The maximum absolute atomic E-state index is 8.91. The van der Waals surface area contributed by atoms with Crippen LogP contribution >= 0.6 is 0 Å². The third-order valence-electron chi connectivity index (χ3n) is 2.12. The van der Waals surface area contributed by atoms with Gasteiger partial charge in [-0.3, -0.25) is 0 Å². The van der Waals surface area contributed by atoms with Crippen LogP contribution in [0.5, 0.6) is 0 Å². The van der Waals surface area contributed by atoms with Crippen LogP contribution in [0.2, 0.25) is 0 Å². The summed E-state index contributed by atoms with van der Waals surface area (Å²) in [6, 6.07) is 7.88. The molecule has 1 aliphatic carbocycles. The van der Waals surface area contributed by atoms with E-state index in [0.717, 1.165) is 5.56 Å². The summed E-state index contributed by atoms with van der Waals surface area (Å²) in [6.45, 7) is 0. The van der Waals surface area contributed by atoms with E-state index < -0.39 is 7.12 Å². The van der Waals surface area contributed by atoms with Gasteiger partial charge in [-0.05, 0) is 23.0 Å². The van der Waals surface area contributed by atoms with E-state index >= 15 is 0 Å². The quantitative estimate of drug-likeness (QED) is 0.591. The molecule has 0 saturated heterocycles. The van der Waals surface area contributed by atoms with Gasteiger partial charge in [0, 0.05) is 0 Å². The highest BCUT2D eigenvalue weighted by Gasteiger charge is 2.20. The van der Waals surface area contributed by atoms with Crippen LogP contribution in [0.25, 0.3) is 6.08 Å². The molecule has 60 valence electrons. The average molecular weight is 160 g/mol. The number of benzene rings is 1. The minimum atomic E-state index is -1.31. The van der Waals surface area contributed by atoms with E-state index in [9.17, 15) is 0 Å². The second kappa shape index (κ2) is 2.77. The Labute approximate surface area is 71.3 Å². The molecule has 0 fully saturated rings. The number of hydrogen-bond acceptors (Lipinski definition) is 2. The Morgan fingerprint density at radius 1 is 1.17 bits per heavy atom. The molecule has 0 spiro atoms. The smallest absolute Gasteiger partial charge is 0.423 e. The second-order valence-electron chi connectivity index (χ2n) is 2.97. The monoisotopic (exact) mass is 160 g/mol. The maximum Gasteiger partial charge on any atom is 0.484 e. The Bertz CT molecular complexity index is 331. The van der Waals surface area contributed by atoms with Crippen LogP contribution in [-0.4, -0.2) is 17.2 Å². The van der Waals surface area contributed by atoms with Gasteiger partial charge in [-0.2, -0.15) is 0 Å². The molecule has 2 N–H and O–H groups in total. The number of allylic oxidation sites excluding steroid dienone is 1. The van der Waals surface area contributed by atoms with Gasteiger partial charge in [0.1, 0.15) is 0 Å². The van der Waals surface area contributed by atoms with Crippen LogP contribution in [-0.2, 0) is 6.42 Å². The summed E-state index contributed by atoms with van der Waals surface area (Å²) in [5, 5.41) is 17.8. The number of rotatable bonds is 1. The molecule has 2 rings (SSSR count). The van der Waals surface area contributed by atoms with Gasteiger partial charge in [-0.25, -0.2) is 0 Å². The lowest BCUT2D eigenvalue weighted by Crippen LogP contribution is -2.14. The lowest BCUT2D eigenvalue weighted by molar-refractivity contribution is 0.418. The normalized spacial score (nSPS) is 14.0. The predicted molar refractivity (Wildman–Crippen MR) is 48.3 cm³/mol. The molecule has 0 radical (unpaired) electrons. The highest BCUT2D eigenvalue weighted by Crippen LogP contribution is 2.24. The van der Waals surface area contributed by atoms with Crippen molar-refractivity contribution in [1.82, 2.24) is 0 Å². The highest BCUT2D eigenvalue weighted by molar-refractivity contribution is 6.52. The topological polar surface area (TPSA) is 40.5 Å². The summed E-state index contributed by atoms with van der Waals surface area (Å²) in [6.07, 6.45) is 2.49. The van der Waals surface area contributed by atoms with Crippen LogP contribution in [0.3, 0.4) is 0 Å². The van der Waals surface area contributed by atoms with Gasteiger partial charge in [0.25, 0.3) is 0 Å². The van der Waals surface area contributed by atoms with Crippen LogP contribution in [0, 0.1) is 0 Å². The highest BCUT2D eigenvalue weighted by atomic mass is 16.4. The van der Waals surface area contributed by atoms with Crippen molar-refractivity contribution in [3.05, 3.63) is 40.9 Å². The first-order valence-corrected chi connectivity index (χ1v) is 3.92. The molecular weight excluding hydrogens is 151 g/mol. The van der Waals surface area contributed by atoms with Crippen LogP contribution in [0.15, 0.2) is 29.7 Å². The van der Waals surface area contributed by atoms with Crippen molar-refractivity contribution in [1.29, 1.82) is 0 Å². The van der Waals surface area contributed by atoms with Crippen molar-refractivity contribution in [2.45, 2.75) is 6.42 Å². The molecule has 0 bridgehead atoms. The molecule has 0 aromatic heterocycles. The van der Waals surface area contributed by atoms with Gasteiger partial charge < -0.3 is 10.0 Å². The molecular formula is C9H9BO2. The molecule has 0 aliphatic heterocycles. The Hall–Kier alpha value is -1.06. The van der Waals surface area contributed by atoms with E-state index in [1.807, 2.05) is 30.3 Å². The van der Waals surface area contributed by atoms with E-state index in [4.69, 9.17) is 10.0 Å². The fraction of sp³-hybridized carbons (Fsp3) is 0.111. The molecule has 1 aromatic rings. The van der Waals surface area contributed by atoms with Gasteiger partial charge in [0.15, 0.2) is 0 Å². The van der Waals surface area contributed by atoms with E-state index in [0.29, 0.717) is 11.9 Å². The van der Waals surface area contributed by atoms with Crippen LogP contribution < -0.4 is 0 Å². The Balaban J connectivity index is 2.35. The van der Waals surface area contributed by atoms with Crippen molar-refractivity contribution in [2.24, 2.45) is 0 Å². The van der Waals surface area contributed by atoms with Crippen molar-refractivity contribution in [3.63, 3.8) is 0 Å². The lowest BCUT2D eigenvalue weighted by Gasteiger charge is -1.97.